The molecule has 0 amide bonds. The van der Waals surface area contributed by atoms with E-state index >= 15 is 0 Å². The minimum Gasteiger partial charge on any atom is -0.319 e. The smallest absolute Gasteiger partial charge is 0.149 e. The predicted octanol–water partition coefficient (Wildman–Crippen LogP) is 0.560. The Balaban J connectivity index is 1.65. The SMILES string of the molecule is CC(NC1CN2CCC1CC2)c1nncn1C. The van der Waals surface area contributed by atoms with Crippen LogP contribution in [0.1, 0.15) is 31.6 Å². The Labute approximate surface area is 102 Å². The molecule has 2 unspecified atom stereocenters. The van der Waals surface area contributed by atoms with E-state index in [2.05, 4.69) is 27.3 Å². The minimum atomic E-state index is 0.285. The van der Waals surface area contributed by atoms with Gasteiger partial charge >= 0.3 is 0 Å². The van der Waals surface area contributed by atoms with Gasteiger partial charge in [0, 0.05) is 19.6 Å². The van der Waals surface area contributed by atoms with Crippen LogP contribution in [-0.2, 0) is 7.05 Å². The maximum atomic E-state index is 4.18. The highest BCUT2D eigenvalue weighted by molar-refractivity contribution is 4.97. The van der Waals surface area contributed by atoms with Crippen LogP contribution in [0.4, 0.5) is 0 Å². The fourth-order valence-corrected chi connectivity index (χ4v) is 3.23. The predicted molar refractivity (Wildman–Crippen MR) is 65.5 cm³/mol. The number of aromatic nitrogens is 3. The van der Waals surface area contributed by atoms with Crippen LogP contribution in [0.15, 0.2) is 6.33 Å². The van der Waals surface area contributed by atoms with Crippen LogP contribution in [0.2, 0.25) is 0 Å². The molecule has 0 saturated carbocycles. The van der Waals surface area contributed by atoms with Crippen molar-refractivity contribution in [2.24, 2.45) is 13.0 Å². The Morgan fingerprint density at radius 2 is 2.18 bits per heavy atom. The first-order valence-electron chi connectivity index (χ1n) is 6.56. The zero-order valence-corrected chi connectivity index (χ0v) is 10.6. The van der Waals surface area contributed by atoms with Crippen molar-refractivity contribution in [3.05, 3.63) is 12.2 Å². The van der Waals surface area contributed by atoms with Crippen molar-refractivity contribution in [2.45, 2.75) is 31.8 Å². The van der Waals surface area contributed by atoms with E-state index in [0.717, 1.165) is 11.7 Å². The number of nitrogens with one attached hydrogen (secondary N) is 1. The largest absolute Gasteiger partial charge is 0.319 e. The first-order chi connectivity index (χ1) is 8.24. The fraction of sp³-hybridized carbons (Fsp3) is 0.833. The van der Waals surface area contributed by atoms with E-state index in [0.29, 0.717) is 6.04 Å². The molecule has 5 nitrogen and oxygen atoms in total. The summed E-state index contributed by atoms with van der Waals surface area (Å²) in [5, 5.41) is 11.9. The fourth-order valence-electron chi connectivity index (χ4n) is 3.23. The van der Waals surface area contributed by atoms with Crippen LogP contribution in [0, 0.1) is 5.92 Å². The second-order valence-electron chi connectivity index (χ2n) is 5.43. The van der Waals surface area contributed by atoms with Crippen molar-refractivity contribution in [1.82, 2.24) is 25.0 Å². The van der Waals surface area contributed by atoms with E-state index < -0.39 is 0 Å². The van der Waals surface area contributed by atoms with Gasteiger partial charge in [-0.15, -0.1) is 10.2 Å². The molecule has 2 atom stereocenters. The van der Waals surface area contributed by atoms with Crippen molar-refractivity contribution in [3.63, 3.8) is 0 Å². The lowest BCUT2D eigenvalue weighted by atomic mass is 9.83. The standard InChI is InChI=1S/C12H21N5/c1-9(12-15-13-8-16(12)2)14-11-7-17-5-3-10(11)4-6-17/h8-11,14H,3-7H2,1-2H3. The zero-order chi connectivity index (χ0) is 11.8. The molecule has 0 aromatic carbocycles. The number of aryl methyl sites for hydroxylation is 1. The first kappa shape index (κ1) is 11.2. The molecule has 1 N–H and O–H groups in total. The van der Waals surface area contributed by atoms with Crippen molar-refractivity contribution in [1.29, 1.82) is 0 Å². The lowest BCUT2D eigenvalue weighted by Crippen LogP contribution is -2.56. The van der Waals surface area contributed by atoms with Gasteiger partial charge in [0.25, 0.3) is 0 Å². The van der Waals surface area contributed by atoms with Crippen LogP contribution in [0.25, 0.3) is 0 Å². The van der Waals surface area contributed by atoms with Gasteiger partial charge in [-0.3, -0.25) is 0 Å². The third kappa shape index (κ3) is 2.09. The molecule has 3 fully saturated rings. The van der Waals surface area contributed by atoms with Crippen molar-refractivity contribution in [2.75, 3.05) is 19.6 Å². The average Bonchev–Trinajstić information content (AvgIpc) is 2.77. The molecule has 94 valence electrons. The Morgan fingerprint density at radius 3 is 2.71 bits per heavy atom. The molecule has 1 aromatic rings. The van der Waals surface area contributed by atoms with E-state index in [4.69, 9.17) is 0 Å². The van der Waals surface area contributed by atoms with Crippen LogP contribution < -0.4 is 5.32 Å². The summed E-state index contributed by atoms with van der Waals surface area (Å²) in [6.45, 7) is 5.97. The summed E-state index contributed by atoms with van der Waals surface area (Å²) in [6, 6.07) is 0.914. The Bertz CT molecular complexity index is 380. The number of fused-ring (bicyclic) bond motifs is 3. The number of rotatable bonds is 3. The van der Waals surface area contributed by atoms with Crippen molar-refractivity contribution < 1.29 is 0 Å². The summed E-state index contributed by atoms with van der Waals surface area (Å²) in [5.74, 6) is 1.89. The molecule has 0 aliphatic carbocycles. The molecule has 3 aliphatic heterocycles. The van der Waals surface area contributed by atoms with Gasteiger partial charge in [-0.25, -0.2) is 0 Å². The molecular formula is C12H21N5. The molecule has 17 heavy (non-hydrogen) atoms. The van der Waals surface area contributed by atoms with Gasteiger partial charge in [0.15, 0.2) is 0 Å². The van der Waals surface area contributed by atoms with Crippen LogP contribution in [-0.4, -0.2) is 45.3 Å². The van der Waals surface area contributed by atoms with Gasteiger partial charge in [0.1, 0.15) is 12.2 Å². The zero-order valence-electron chi connectivity index (χ0n) is 10.6. The van der Waals surface area contributed by atoms with Crippen LogP contribution >= 0.6 is 0 Å². The lowest BCUT2D eigenvalue weighted by molar-refractivity contribution is 0.0673. The number of piperidine rings is 3. The summed E-state index contributed by atoms with van der Waals surface area (Å²) in [7, 11) is 2.00. The van der Waals surface area contributed by atoms with Gasteiger partial charge in [-0.05, 0) is 38.8 Å². The maximum absolute atomic E-state index is 4.18. The molecular weight excluding hydrogens is 214 g/mol. The van der Waals surface area contributed by atoms with E-state index in [1.807, 2.05) is 11.6 Å². The third-order valence-electron chi connectivity index (χ3n) is 4.25. The van der Waals surface area contributed by atoms with E-state index in [1.165, 1.54) is 32.5 Å². The van der Waals surface area contributed by atoms with Crippen LogP contribution in [0.3, 0.4) is 0 Å². The van der Waals surface area contributed by atoms with Crippen molar-refractivity contribution >= 4 is 0 Å². The van der Waals surface area contributed by atoms with Gasteiger partial charge < -0.3 is 14.8 Å². The van der Waals surface area contributed by atoms with Gasteiger partial charge in [0.05, 0.1) is 6.04 Å². The second-order valence-corrected chi connectivity index (χ2v) is 5.43. The monoisotopic (exact) mass is 235 g/mol. The molecule has 4 rings (SSSR count). The Morgan fingerprint density at radius 1 is 1.41 bits per heavy atom. The Kier molecular flexibility index (Phi) is 2.88. The summed E-state index contributed by atoms with van der Waals surface area (Å²) < 4.78 is 2.00. The summed E-state index contributed by atoms with van der Waals surface area (Å²) in [6.07, 6.45) is 4.47. The summed E-state index contributed by atoms with van der Waals surface area (Å²) in [4.78, 5) is 2.57. The van der Waals surface area contributed by atoms with E-state index in [1.54, 1.807) is 6.33 Å². The van der Waals surface area contributed by atoms with Gasteiger partial charge in [-0.2, -0.15) is 0 Å². The number of nitrogens with zero attached hydrogens (tertiary/aromatic N) is 4. The third-order valence-corrected chi connectivity index (χ3v) is 4.25. The summed E-state index contributed by atoms with van der Waals surface area (Å²) >= 11 is 0. The molecule has 0 radical (unpaired) electrons. The highest BCUT2D eigenvalue weighted by atomic mass is 15.3. The summed E-state index contributed by atoms with van der Waals surface area (Å²) in [5.41, 5.74) is 0. The second kappa shape index (κ2) is 4.38. The van der Waals surface area contributed by atoms with Gasteiger partial charge in [0.2, 0.25) is 0 Å². The normalized spacial score (nSPS) is 33.9. The molecule has 4 heterocycles. The quantitative estimate of drug-likeness (QED) is 0.831. The topological polar surface area (TPSA) is 46.0 Å². The highest BCUT2D eigenvalue weighted by Gasteiger charge is 2.34. The van der Waals surface area contributed by atoms with Crippen molar-refractivity contribution in [3.8, 4) is 0 Å². The molecule has 5 heteroatoms. The molecule has 0 spiro atoms. The lowest BCUT2D eigenvalue weighted by Gasteiger charge is -2.45. The molecule has 3 aliphatic rings. The molecule has 2 bridgehead atoms. The van der Waals surface area contributed by atoms with Crippen LogP contribution in [0.5, 0.6) is 0 Å². The highest BCUT2D eigenvalue weighted by Crippen LogP contribution is 2.28. The number of hydrogen-bond acceptors (Lipinski definition) is 4. The number of hydrogen-bond donors (Lipinski definition) is 1. The molecule has 3 saturated heterocycles. The minimum absolute atomic E-state index is 0.285. The maximum Gasteiger partial charge on any atom is 0.149 e. The Hall–Kier alpha value is -0.940. The van der Waals surface area contributed by atoms with Gasteiger partial charge in [-0.1, -0.05) is 0 Å². The van der Waals surface area contributed by atoms with E-state index in [9.17, 15) is 0 Å². The van der Waals surface area contributed by atoms with E-state index in [-0.39, 0.29) is 6.04 Å². The first-order valence-corrected chi connectivity index (χ1v) is 6.56. The average molecular weight is 235 g/mol. The molecule has 1 aromatic heterocycles.